The molecule has 1 rings (SSSR count). The van der Waals surface area contributed by atoms with Crippen molar-refractivity contribution in [3.8, 4) is 0 Å². The number of hydrogen-bond donors (Lipinski definition) is 0. The molecule has 0 aliphatic rings. The number of halogens is 3. The third-order valence-corrected chi connectivity index (χ3v) is 3.71. The number of ether oxygens (including phenoxy) is 3. The standard InChI is InChI=1S/C18H23BrClFN2O6/c1-8-27-14(24)9-11(10(21)13(20)22-12(9)19)23(15(25)28-17(2,3)4)16(26)29-18(5,6)7/h8H2,1-7H3. The van der Waals surface area contributed by atoms with Crippen LogP contribution in [0.5, 0.6) is 0 Å². The minimum Gasteiger partial charge on any atom is -0.462 e. The maximum absolute atomic E-state index is 15.0. The van der Waals surface area contributed by atoms with Crippen LogP contribution >= 0.6 is 27.5 Å². The predicted molar refractivity (Wildman–Crippen MR) is 108 cm³/mol. The Kier molecular flexibility index (Phi) is 8.01. The number of carbonyl (C=O) groups is 3. The highest BCUT2D eigenvalue weighted by molar-refractivity contribution is 9.10. The van der Waals surface area contributed by atoms with Crippen molar-refractivity contribution in [1.29, 1.82) is 0 Å². The summed E-state index contributed by atoms with van der Waals surface area (Å²) in [5, 5.41) is -0.683. The van der Waals surface area contributed by atoms with Crippen LogP contribution in [0.4, 0.5) is 19.7 Å². The molecular formula is C18H23BrClFN2O6. The van der Waals surface area contributed by atoms with Gasteiger partial charge in [0.1, 0.15) is 27.1 Å². The fourth-order valence-corrected chi connectivity index (χ4v) is 2.77. The van der Waals surface area contributed by atoms with Gasteiger partial charge in [-0.05, 0) is 64.4 Å². The van der Waals surface area contributed by atoms with Crippen LogP contribution in [0.2, 0.25) is 5.15 Å². The molecule has 0 bridgehead atoms. The van der Waals surface area contributed by atoms with Gasteiger partial charge in [0.2, 0.25) is 0 Å². The molecular weight excluding hydrogens is 475 g/mol. The van der Waals surface area contributed by atoms with Crippen molar-refractivity contribution in [2.24, 2.45) is 0 Å². The highest BCUT2D eigenvalue weighted by Gasteiger charge is 2.39. The first-order valence-electron chi connectivity index (χ1n) is 8.56. The fourth-order valence-electron chi connectivity index (χ4n) is 1.96. The SMILES string of the molecule is CCOC(=O)c1c(Br)nc(Cl)c(F)c1N(C(=O)OC(C)(C)C)C(=O)OC(C)(C)C. The Morgan fingerprint density at radius 1 is 1.07 bits per heavy atom. The van der Waals surface area contributed by atoms with Gasteiger partial charge >= 0.3 is 18.2 Å². The van der Waals surface area contributed by atoms with Gasteiger partial charge < -0.3 is 14.2 Å². The molecule has 0 saturated carbocycles. The molecule has 8 nitrogen and oxygen atoms in total. The zero-order valence-corrected chi connectivity index (χ0v) is 19.5. The molecule has 11 heteroatoms. The van der Waals surface area contributed by atoms with E-state index < -0.39 is 51.6 Å². The Morgan fingerprint density at radius 3 is 1.90 bits per heavy atom. The smallest absolute Gasteiger partial charge is 0.424 e. The van der Waals surface area contributed by atoms with E-state index in [0.717, 1.165) is 0 Å². The van der Waals surface area contributed by atoms with Crippen LogP contribution < -0.4 is 4.90 Å². The summed E-state index contributed by atoms with van der Waals surface area (Å²) in [6.45, 7) is 10.8. The number of nitrogens with zero attached hydrogens (tertiary/aromatic N) is 2. The van der Waals surface area contributed by atoms with E-state index >= 15 is 0 Å². The predicted octanol–water partition coefficient (Wildman–Crippen LogP) is 5.49. The second kappa shape index (κ2) is 9.25. The lowest BCUT2D eigenvalue weighted by atomic mass is 10.2. The fraction of sp³-hybridized carbons (Fsp3) is 0.556. The summed E-state index contributed by atoms with van der Waals surface area (Å²) in [6, 6.07) is 0. The molecule has 2 amide bonds. The molecule has 29 heavy (non-hydrogen) atoms. The monoisotopic (exact) mass is 496 g/mol. The summed E-state index contributed by atoms with van der Waals surface area (Å²) in [5.41, 5.74) is -3.39. The minimum atomic E-state index is -1.30. The summed E-state index contributed by atoms with van der Waals surface area (Å²) in [5.74, 6) is -2.33. The number of pyridine rings is 1. The van der Waals surface area contributed by atoms with Gasteiger partial charge in [0.05, 0.1) is 6.61 Å². The number of aromatic nitrogens is 1. The number of carbonyl (C=O) groups excluding carboxylic acids is 3. The normalized spacial score (nSPS) is 11.7. The molecule has 0 aromatic carbocycles. The molecule has 162 valence electrons. The summed E-state index contributed by atoms with van der Waals surface area (Å²) in [6.07, 6.45) is -2.55. The molecule has 0 atom stereocenters. The zero-order chi connectivity index (χ0) is 22.7. The van der Waals surface area contributed by atoms with Crippen molar-refractivity contribution < 1.29 is 33.0 Å². The van der Waals surface area contributed by atoms with Crippen molar-refractivity contribution in [2.45, 2.75) is 59.7 Å². The molecule has 0 aliphatic carbocycles. The van der Waals surface area contributed by atoms with Crippen LogP contribution in [0.3, 0.4) is 0 Å². The highest BCUT2D eigenvalue weighted by Crippen LogP contribution is 2.35. The van der Waals surface area contributed by atoms with Crippen LogP contribution in [-0.4, -0.2) is 40.9 Å². The number of hydrogen-bond acceptors (Lipinski definition) is 7. The van der Waals surface area contributed by atoms with Crippen LogP contribution in [0.1, 0.15) is 58.8 Å². The van der Waals surface area contributed by atoms with Gasteiger partial charge in [-0.2, -0.15) is 4.90 Å². The molecule has 0 unspecified atom stereocenters. The number of anilines is 1. The van der Waals surface area contributed by atoms with Gasteiger partial charge in [0.25, 0.3) is 0 Å². The van der Waals surface area contributed by atoms with Crippen molar-refractivity contribution >= 4 is 51.4 Å². The van der Waals surface area contributed by atoms with E-state index in [2.05, 4.69) is 20.9 Å². The first kappa shape index (κ1) is 25.1. The lowest BCUT2D eigenvalue weighted by molar-refractivity contribution is 0.0428. The van der Waals surface area contributed by atoms with Crippen molar-refractivity contribution in [3.05, 3.63) is 21.1 Å². The third kappa shape index (κ3) is 6.81. The van der Waals surface area contributed by atoms with E-state index in [4.69, 9.17) is 25.8 Å². The molecule has 0 aliphatic heterocycles. The summed E-state index contributed by atoms with van der Waals surface area (Å²) >= 11 is 8.79. The van der Waals surface area contributed by atoms with E-state index in [9.17, 15) is 18.8 Å². The Labute approximate surface area is 181 Å². The first-order valence-corrected chi connectivity index (χ1v) is 9.73. The lowest BCUT2D eigenvalue weighted by Crippen LogP contribution is -2.45. The van der Waals surface area contributed by atoms with Crippen LogP contribution in [0.25, 0.3) is 0 Å². The lowest BCUT2D eigenvalue weighted by Gasteiger charge is -2.29. The number of esters is 1. The average molecular weight is 498 g/mol. The Bertz CT molecular complexity index is 792. The van der Waals surface area contributed by atoms with E-state index in [1.54, 1.807) is 41.5 Å². The molecule has 0 N–H and O–H groups in total. The molecule has 0 fully saturated rings. The first-order chi connectivity index (χ1) is 13.1. The number of imide groups is 1. The third-order valence-electron chi connectivity index (χ3n) is 2.88. The largest absolute Gasteiger partial charge is 0.462 e. The van der Waals surface area contributed by atoms with E-state index in [-0.39, 0.29) is 16.1 Å². The van der Waals surface area contributed by atoms with E-state index in [1.165, 1.54) is 6.92 Å². The minimum absolute atomic E-state index is 0.0478. The molecule has 0 saturated heterocycles. The van der Waals surface area contributed by atoms with E-state index in [0.29, 0.717) is 0 Å². The summed E-state index contributed by atoms with van der Waals surface area (Å²) in [4.78, 5) is 42.0. The topological polar surface area (TPSA) is 95.0 Å². The van der Waals surface area contributed by atoms with Crippen LogP contribution in [0, 0.1) is 5.82 Å². The van der Waals surface area contributed by atoms with Gasteiger partial charge in [0.15, 0.2) is 11.0 Å². The van der Waals surface area contributed by atoms with Crippen molar-refractivity contribution in [3.63, 3.8) is 0 Å². The van der Waals surface area contributed by atoms with Crippen LogP contribution in [0.15, 0.2) is 4.60 Å². The summed E-state index contributed by atoms with van der Waals surface area (Å²) < 4.78 is 30.1. The number of amides is 2. The maximum Gasteiger partial charge on any atom is 0.424 e. The maximum atomic E-state index is 15.0. The van der Waals surface area contributed by atoms with Gasteiger partial charge in [0, 0.05) is 0 Å². The van der Waals surface area contributed by atoms with Gasteiger partial charge in [-0.3, -0.25) is 0 Å². The van der Waals surface area contributed by atoms with Crippen LogP contribution in [-0.2, 0) is 14.2 Å². The Morgan fingerprint density at radius 2 is 1.52 bits per heavy atom. The van der Waals surface area contributed by atoms with Gasteiger partial charge in [-0.25, -0.2) is 23.8 Å². The average Bonchev–Trinajstić information content (AvgIpc) is 2.48. The second-order valence-electron chi connectivity index (χ2n) is 7.75. The van der Waals surface area contributed by atoms with E-state index in [1.807, 2.05) is 0 Å². The van der Waals surface area contributed by atoms with Gasteiger partial charge in [-0.15, -0.1) is 0 Å². The van der Waals surface area contributed by atoms with Crippen molar-refractivity contribution in [2.75, 3.05) is 11.5 Å². The molecule has 1 aromatic rings. The second-order valence-corrected chi connectivity index (χ2v) is 8.86. The molecule has 1 aromatic heterocycles. The Balaban J connectivity index is 3.77. The quantitative estimate of drug-likeness (QED) is 0.309. The summed E-state index contributed by atoms with van der Waals surface area (Å²) in [7, 11) is 0. The zero-order valence-electron chi connectivity index (χ0n) is 17.2. The molecule has 0 radical (unpaired) electrons. The molecule has 0 spiro atoms. The highest BCUT2D eigenvalue weighted by atomic mass is 79.9. The molecule has 1 heterocycles. The number of rotatable bonds is 3. The van der Waals surface area contributed by atoms with Crippen molar-refractivity contribution in [1.82, 2.24) is 4.98 Å². The van der Waals surface area contributed by atoms with Gasteiger partial charge in [-0.1, -0.05) is 11.6 Å². The Hall–Kier alpha value is -1.94.